The van der Waals surface area contributed by atoms with Gasteiger partial charge in [0.15, 0.2) is 5.82 Å². The summed E-state index contributed by atoms with van der Waals surface area (Å²) in [6.07, 6.45) is 1.71. The van der Waals surface area contributed by atoms with E-state index in [0.29, 0.717) is 5.82 Å². The van der Waals surface area contributed by atoms with E-state index in [1.807, 2.05) is 19.2 Å². The van der Waals surface area contributed by atoms with Crippen molar-refractivity contribution in [2.75, 3.05) is 5.73 Å². The lowest BCUT2D eigenvalue weighted by Gasteiger charge is -1.89. The molecule has 4 nitrogen and oxygen atoms in total. The Morgan fingerprint density at radius 3 is 3.09 bits per heavy atom. The summed E-state index contributed by atoms with van der Waals surface area (Å²) in [4.78, 5) is 4.09. The Morgan fingerprint density at radius 2 is 2.36 bits per heavy atom. The lowest BCUT2D eigenvalue weighted by atomic mass is 10.4. The van der Waals surface area contributed by atoms with Gasteiger partial charge in [-0.05, 0) is 12.1 Å². The summed E-state index contributed by atoms with van der Waals surface area (Å²) < 4.78 is 1.72. The van der Waals surface area contributed by atoms with E-state index >= 15 is 0 Å². The van der Waals surface area contributed by atoms with E-state index in [4.69, 9.17) is 5.73 Å². The summed E-state index contributed by atoms with van der Waals surface area (Å²) >= 11 is 0. The van der Waals surface area contributed by atoms with E-state index in [9.17, 15) is 0 Å². The van der Waals surface area contributed by atoms with Crippen LogP contribution >= 0.6 is 0 Å². The highest BCUT2D eigenvalue weighted by Gasteiger charge is 2.03. The van der Waals surface area contributed by atoms with E-state index in [2.05, 4.69) is 10.1 Å². The molecule has 0 fully saturated rings. The zero-order valence-electron chi connectivity index (χ0n) is 6.15. The van der Waals surface area contributed by atoms with E-state index in [1.165, 1.54) is 0 Å². The van der Waals surface area contributed by atoms with Crippen LogP contribution in [0.15, 0.2) is 18.3 Å². The molecule has 2 aromatic heterocycles. The molecule has 2 heterocycles. The molecular weight excluding hydrogens is 140 g/mol. The average molecular weight is 148 g/mol. The van der Waals surface area contributed by atoms with Crippen molar-refractivity contribution in [3.05, 3.63) is 18.3 Å². The van der Waals surface area contributed by atoms with Gasteiger partial charge in [-0.3, -0.25) is 9.67 Å². The van der Waals surface area contributed by atoms with Crippen molar-refractivity contribution in [1.29, 1.82) is 0 Å². The first-order chi connectivity index (χ1) is 5.29. The molecule has 0 radical (unpaired) electrons. The number of pyridine rings is 1. The van der Waals surface area contributed by atoms with Crippen molar-refractivity contribution in [1.82, 2.24) is 14.8 Å². The zero-order chi connectivity index (χ0) is 7.84. The molecule has 2 N–H and O–H groups in total. The minimum atomic E-state index is 0.489. The van der Waals surface area contributed by atoms with Gasteiger partial charge in [-0.1, -0.05) is 0 Å². The van der Waals surface area contributed by atoms with E-state index in [1.54, 1.807) is 10.9 Å². The van der Waals surface area contributed by atoms with E-state index in [-0.39, 0.29) is 0 Å². The molecule has 0 spiro atoms. The van der Waals surface area contributed by atoms with Gasteiger partial charge in [-0.15, -0.1) is 0 Å². The summed E-state index contributed by atoms with van der Waals surface area (Å²) in [5.74, 6) is 0.489. The summed E-state index contributed by atoms with van der Waals surface area (Å²) in [6, 6.07) is 3.80. The second-order valence-corrected chi connectivity index (χ2v) is 2.38. The Kier molecular flexibility index (Phi) is 1.09. The number of fused-ring (bicyclic) bond motifs is 1. The van der Waals surface area contributed by atoms with Crippen molar-refractivity contribution >= 4 is 16.9 Å². The number of nitrogens with zero attached hydrogens (tertiary/aromatic N) is 3. The van der Waals surface area contributed by atoms with Crippen LogP contribution in [0.25, 0.3) is 11.0 Å². The number of rotatable bonds is 0. The molecule has 0 unspecified atom stereocenters. The number of nitrogens with two attached hydrogens (primary N) is 1. The van der Waals surface area contributed by atoms with Crippen LogP contribution in [0.1, 0.15) is 0 Å². The smallest absolute Gasteiger partial charge is 0.172 e. The van der Waals surface area contributed by atoms with Gasteiger partial charge in [0, 0.05) is 13.2 Å². The second kappa shape index (κ2) is 1.95. The highest BCUT2D eigenvalue weighted by Crippen LogP contribution is 2.14. The van der Waals surface area contributed by atoms with E-state index in [0.717, 1.165) is 11.0 Å². The molecule has 0 saturated heterocycles. The lowest BCUT2D eigenvalue weighted by Crippen LogP contribution is -1.90. The standard InChI is InChI=1S/C7H8N4/c1-11-5-3-2-4-9-6(5)7(8)10-11/h2-4H,1H3,(H2,8,10). The van der Waals surface area contributed by atoms with Crippen molar-refractivity contribution in [3.8, 4) is 0 Å². The first kappa shape index (κ1) is 6.15. The molecule has 2 rings (SSSR count). The van der Waals surface area contributed by atoms with Crippen LogP contribution in [0, 0.1) is 0 Å². The van der Waals surface area contributed by atoms with Gasteiger partial charge in [-0.25, -0.2) is 0 Å². The van der Waals surface area contributed by atoms with Crippen molar-refractivity contribution in [2.45, 2.75) is 0 Å². The predicted octanol–water partition coefficient (Wildman–Crippen LogP) is 0.550. The topological polar surface area (TPSA) is 56.7 Å². The van der Waals surface area contributed by atoms with E-state index < -0.39 is 0 Å². The van der Waals surface area contributed by atoms with Gasteiger partial charge in [0.05, 0.1) is 5.52 Å². The number of aryl methyl sites for hydroxylation is 1. The quantitative estimate of drug-likeness (QED) is 0.593. The molecule has 0 saturated carbocycles. The molecule has 4 heteroatoms. The van der Waals surface area contributed by atoms with Gasteiger partial charge in [0.1, 0.15) is 5.52 Å². The average Bonchev–Trinajstić information content (AvgIpc) is 2.30. The Hall–Kier alpha value is -1.58. The number of hydrogen-bond donors (Lipinski definition) is 1. The first-order valence-electron chi connectivity index (χ1n) is 3.32. The van der Waals surface area contributed by atoms with Crippen molar-refractivity contribution in [3.63, 3.8) is 0 Å². The summed E-state index contributed by atoms with van der Waals surface area (Å²) in [5.41, 5.74) is 7.32. The Bertz CT molecular complexity index is 354. The molecule has 0 aliphatic carbocycles. The predicted molar refractivity (Wildman–Crippen MR) is 42.9 cm³/mol. The van der Waals surface area contributed by atoms with Gasteiger partial charge in [0.25, 0.3) is 0 Å². The molecule has 0 atom stereocenters. The van der Waals surface area contributed by atoms with Gasteiger partial charge < -0.3 is 5.73 Å². The van der Waals surface area contributed by atoms with Crippen LogP contribution in [0.2, 0.25) is 0 Å². The zero-order valence-corrected chi connectivity index (χ0v) is 6.15. The third-order valence-electron chi connectivity index (χ3n) is 1.64. The number of nitrogen functional groups attached to an aromatic ring is 1. The van der Waals surface area contributed by atoms with Crippen LogP contribution in [-0.4, -0.2) is 14.8 Å². The Balaban J connectivity index is 2.95. The van der Waals surface area contributed by atoms with Crippen molar-refractivity contribution in [2.24, 2.45) is 7.05 Å². The second-order valence-electron chi connectivity index (χ2n) is 2.38. The fourth-order valence-electron chi connectivity index (χ4n) is 1.12. The highest BCUT2D eigenvalue weighted by molar-refractivity contribution is 5.84. The van der Waals surface area contributed by atoms with Crippen LogP contribution in [0.5, 0.6) is 0 Å². The molecule has 0 aliphatic heterocycles. The fraction of sp³-hybridized carbons (Fsp3) is 0.143. The van der Waals surface area contributed by atoms with Gasteiger partial charge in [0.2, 0.25) is 0 Å². The molecule has 0 aromatic carbocycles. The third-order valence-corrected chi connectivity index (χ3v) is 1.64. The van der Waals surface area contributed by atoms with Crippen LogP contribution in [-0.2, 0) is 7.05 Å². The monoisotopic (exact) mass is 148 g/mol. The summed E-state index contributed by atoms with van der Waals surface area (Å²) in [6.45, 7) is 0. The fourth-order valence-corrected chi connectivity index (χ4v) is 1.12. The molecule has 0 bridgehead atoms. The van der Waals surface area contributed by atoms with Crippen LogP contribution in [0.4, 0.5) is 5.82 Å². The number of anilines is 1. The van der Waals surface area contributed by atoms with Crippen LogP contribution in [0.3, 0.4) is 0 Å². The van der Waals surface area contributed by atoms with Gasteiger partial charge in [-0.2, -0.15) is 5.10 Å². The maximum Gasteiger partial charge on any atom is 0.172 e. The SMILES string of the molecule is Cn1nc(N)c2ncccc21. The molecule has 56 valence electrons. The number of hydrogen-bond acceptors (Lipinski definition) is 3. The Labute approximate surface area is 63.6 Å². The van der Waals surface area contributed by atoms with Crippen LogP contribution < -0.4 is 5.73 Å². The lowest BCUT2D eigenvalue weighted by molar-refractivity contribution is 0.802. The minimum Gasteiger partial charge on any atom is -0.380 e. The highest BCUT2D eigenvalue weighted by atomic mass is 15.3. The largest absolute Gasteiger partial charge is 0.380 e. The van der Waals surface area contributed by atoms with Gasteiger partial charge >= 0.3 is 0 Å². The maximum atomic E-state index is 5.58. The minimum absolute atomic E-state index is 0.489. The normalized spacial score (nSPS) is 10.6. The maximum absolute atomic E-state index is 5.58. The number of aromatic nitrogens is 3. The molecule has 0 aliphatic rings. The molecule has 11 heavy (non-hydrogen) atoms. The first-order valence-corrected chi connectivity index (χ1v) is 3.32. The van der Waals surface area contributed by atoms with Crippen molar-refractivity contribution < 1.29 is 0 Å². The molecule has 0 amide bonds. The summed E-state index contributed by atoms with van der Waals surface area (Å²) in [5, 5.41) is 4.02. The molecule has 2 aromatic rings. The molecular formula is C7H8N4. The Morgan fingerprint density at radius 1 is 1.55 bits per heavy atom. The summed E-state index contributed by atoms with van der Waals surface area (Å²) in [7, 11) is 1.85. The third kappa shape index (κ3) is 0.756.